The number of sulfone groups is 1. The third-order valence-electron chi connectivity index (χ3n) is 4.43. The highest BCUT2D eigenvalue weighted by molar-refractivity contribution is 7.90. The highest BCUT2D eigenvalue weighted by Gasteiger charge is 2.42. The minimum absolute atomic E-state index is 0.119. The van der Waals surface area contributed by atoms with Gasteiger partial charge in [0.25, 0.3) is 5.91 Å². The average Bonchev–Trinajstić information content (AvgIpc) is 2.49. The number of benzene rings is 1. The van der Waals surface area contributed by atoms with Gasteiger partial charge in [-0.05, 0) is 55.9 Å². The topological polar surface area (TPSA) is 101 Å². The maximum Gasteiger partial charge on any atom is 0.329 e. The molecule has 1 aliphatic rings. The molecule has 0 radical (unpaired) electrons. The van der Waals surface area contributed by atoms with Gasteiger partial charge in [0, 0.05) is 11.8 Å². The minimum atomic E-state index is -3.33. The molecule has 1 saturated carbocycles. The number of nitrogens with one attached hydrogen (secondary N) is 1. The van der Waals surface area contributed by atoms with Gasteiger partial charge >= 0.3 is 5.97 Å². The van der Waals surface area contributed by atoms with Crippen molar-refractivity contribution in [3.8, 4) is 0 Å². The van der Waals surface area contributed by atoms with E-state index in [1.54, 1.807) is 0 Å². The molecule has 0 unspecified atom stereocenters. The van der Waals surface area contributed by atoms with Crippen LogP contribution in [0.1, 0.15) is 43.0 Å². The fraction of sp³-hybridized carbons (Fsp3) is 0.500. The number of rotatable bonds is 4. The van der Waals surface area contributed by atoms with E-state index in [0.717, 1.165) is 19.1 Å². The normalized spacial score (nSPS) is 24.9. The van der Waals surface area contributed by atoms with Gasteiger partial charge in [0.1, 0.15) is 5.54 Å². The Morgan fingerprint density at radius 1 is 1.17 bits per heavy atom. The number of aliphatic carboxylic acids is 1. The molecular weight excluding hydrogens is 318 g/mol. The molecule has 0 bridgehead atoms. The summed E-state index contributed by atoms with van der Waals surface area (Å²) in [5.74, 6) is -1.07. The van der Waals surface area contributed by atoms with Crippen molar-refractivity contribution in [3.05, 3.63) is 29.8 Å². The van der Waals surface area contributed by atoms with Gasteiger partial charge in [-0.1, -0.05) is 6.92 Å². The van der Waals surface area contributed by atoms with Crippen LogP contribution in [0, 0.1) is 5.92 Å². The van der Waals surface area contributed by atoms with Crippen molar-refractivity contribution in [2.75, 3.05) is 6.26 Å². The fourth-order valence-electron chi connectivity index (χ4n) is 2.79. The molecular formula is C16H21NO5S. The van der Waals surface area contributed by atoms with Gasteiger partial charge < -0.3 is 10.4 Å². The van der Waals surface area contributed by atoms with Crippen LogP contribution in [0.2, 0.25) is 0 Å². The molecule has 126 valence electrons. The quantitative estimate of drug-likeness (QED) is 0.872. The molecule has 0 spiro atoms. The lowest BCUT2D eigenvalue weighted by atomic mass is 9.77. The number of carbonyl (C=O) groups is 2. The molecule has 2 N–H and O–H groups in total. The van der Waals surface area contributed by atoms with Crippen LogP contribution in [0.25, 0.3) is 0 Å². The Morgan fingerprint density at radius 2 is 1.70 bits per heavy atom. The van der Waals surface area contributed by atoms with Gasteiger partial charge in [-0.2, -0.15) is 0 Å². The number of carbonyl (C=O) groups excluding carboxylic acids is 1. The monoisotopic (exact) mass is 339 g/mol. The van der Waals surface area contributed by atoms with Crippen LogP contribution < -0.4 is 5.32 Å². The molecule has 1 amide bonds. The summed E-state index contributed by atoms with van der Waals surface area (Å²) >= 11 is 0. The third kappa shape index (κ3) is 3.90. The van der Waals surface area contributed by atoms with Crippen molar-refractivity contribution in [1.29, 1.82) is 0 Å². The van der Waals surface area contributed by atoms with E-state index < -0.39 is 27.3 Å². The predicted octanol–water partition coefficient (Wildman–Crippen LogP) is 1.85. The lowest BCUT2D eigenvalue weighted by Crippen LogP contribution is -2.56. The lowest BCUT2D eigenvalue weighted by molar-refractivity contribution is -0.146. The molecule has 0 aliphatic heterocycles. The predicted molar refractivity (Wildman–Crippen MR) is 85.0 cm³/mol. The summed E-state index contributed by atoms with van der Waals surface area (Å²) in [5.41, 5.74) is -0.990. The van der Waals surface area contributed by atoms with Crippen LogP contribution in [0.5, 0.6) is 0 Å². The number of carboxylic acid groups (broad SMARTS) is 1. The molecule has 1 aromatic carbocycles. The molecule has 0 saturated heterocycles. The largest absolute Gasteiger partial charge is 0.480 e. The Bertz CT molecular complexity index is 700. The second-order valence-electron chi connectivity index (χ2n) is 6.32. The zero-order chi connectivity index (χ0) is 17.3. The van der Waals surface area contributed by atoms with Gasteiger partial charge in [0.2, 0.25) is 0 Å². The van der Waals surface area contributed by atoms with E-state index in [-0.39, 0.29) is 10.5 Å². The van der Waals surface area contributed by atoms with Crippen molar-refractivity contribution in [2.45, 2.75) is 43.0 Å². The smallest absolute Gasteiger partial charge is 0.329 e. The first-order valence-corrected chi connectivity index (χ1v) is 9.39. The lowest BCUT2D eigenvalue weighted by Gasteiger charge is -2.36. The number of amides is 1. The summed E-state index contributed by atoms with van der Waals surface area (Å²) in [4.78, 5) is 24.1. The molecule has 0 atom stereocenters. The number of hydrogen-bond acceptors (Lipinski definition) is 4. The molecule has 0 aromatic heterocycles. The van der Waals surface area contributed by atoms with Gasteiger partial charge in [-0.25, -0.2) is 13.2 Å². The van der Waals surface area contributed by atoms with E-state index in [4.69, 9.17) is 0 Å². The molecule has 2 rings (SSSR count). The molecule has 1 aromatic rings. The summed E-state index contributed by atoms with van der Waals surface area (Å²) in [6, 6.07) is 5.49. The van der Waals surface area contributed by atoms with Crippen LogP contribution in [-0.2, 0) is 14.6 Å². The van der Waals surface area contributed by atoms with Crippen LogP contribution in [0.4, 0.5) is 0 Å². The van der Waals surface area contributed by atoms with Crippen molar-refractivity contribution in [3.63, 3.8) is 0 Å². The molecule has 6 nitrogen and oxygen atoms in total. The first kappa shape index (κ1) is 17.5. The second-order valence-corrected chi connectivity index (χ2v) is 8.34. The molecule has 0 heterocycles. The van der Waals surface area contributed by atoms with Crippen molar-refractivity contribution in [2.24, 2.45) is 5.92 Å². The molecule has 23 heavy (non-hydrogen) atoms. The zero-order valence-electron chi connectivity index (χ0n) is 13.2. The minimum Gasteiger partial charge on any atom is -0.480 e. The van der Waals surface area contributed by atoms with Gasteiger partial charge in [0.15, 0.2) is 9.84 Å². The highest BCUT2D eigenvalue weighted by atomic mass is 32.2. The van der Waals surface area contributed by atoms with E-state index in [1.165, 1.54) is 24.3 Å². The van der Waals surface area contributed by atoms with Crippen LogP contribution in [0.15, 0.2) is 29.2 Å². The Morgan fingerprint density at radius 3 is 2.13 bits per heavy atom. The zero-order valence-corrected chi connectivity index (χ0v) is 14.0. The molecule has 7 heteroatoms. The van der Waals surface area contributed by atoms with Gasteiger partial charge in [-0.15, -0.1) is 0 Å². The van der Waals surface area contributed by atoms with Crippen molar-refractivity contribution >= 4 is 21.7 Å². The van der Waals surface area contributed by atoms with E-state index >= 15 is 0 Å². The average molecular weight is 339 g/mol. The Labute approximate surface area is 135 Å². The Kier molecular flexibility index (Phi) is 4.79. The Hall–Kier alpha value is -1.89. The molecule has 1 aliphatic carbocycles. The Balaban J connectivity index is 2.18. The van der Waals surface area contributed by atoms with E-state index in [0.29, 0.717) is 18.8 Å². The fourth-order valence-corrected chi connectivity index (χ4v) is 3.42. The second kappa shape index (κ2) is 6.31. The summed E-state index contributed by atoms with van der Waals surface area (Å²) in [6.45, 7) is 2.07. The summed E-state index contributed by atoms with van der Waals surface area (Å²) in [7, 11) is -3.33. The third-order valence-corrected chi connectivity index (χ3v) is 5.56. The van der Waals surface area contributed by atoms with E-state index in [9.17, 15) is 23.1 Å². The maximum absolute atomic E-state index is 12.3. The van der Waals surface area contributed by atoms with E-state index in [1.807, 2.05) is 0 Å². The summed E-state index contributed by atoms with van der Waals surface area (Å²) in [6.07, 6.45) is 3.39. The van der Waals surface area contributed by atoms with Crippen molar-refractivity contribution in [1.82, 2.24) is 5.32 Å². The molecule has 1 fully saturated rings. The first-order chi connectivity index (χ1) is 10.6. The SMILES string of the molecule is CC1CCC(NC(=O)c2ccc(S(C)(=O)=O)cc2)(C(=O)O)CC1. The van der Waals surface area contributed by atoms with Crippen LogP contribution >= 0.6 is 0 Å². The van der Waals surface area contributed by atoms with Gasteiger partial charge in [0.05, 0.1) is 4.90 Å². The number of carboxylic acids is 1. The first-order valence-electron chi connectivity index (χ1n) is 7.50. The summed E-state index contributed by atoms with van der Waals surface area (Å²) in [5, 5.41) is 12.2. The van der Waals surface area contributed by atoms with E-state index in [2.05, 4.69) is 12.2 Å². The van der Waals surface area contributed by atoms with Crippen LogP contribution in [-0.4, -0.2) is 37.2 Å². The maximum atomic E-state index is 12.3. The standard InChI is InChI=1S/C16H21NO5S/c1-11-7-9-16(10-8-11,15(19)20)17-14(18)12-3-5-13(6-4-12)23(2,21)22/h3-6,11H,7-10H2,1-2H3,(H,17,18)(H,19,20). The van der Waals surface area contributed by atoms with Crippen molar-refractivity contribution < 1.29 is 23.1 Å². The highest BCUT2D eigenvalue weighted by Crippen LogP contribution is 2.32. The summed E-state index contributed by atoms with van der Waals surface area (Å²) < 4.78 is 22.8. The van der Waals surface area contributed by atoms with Gasteiger partial charge in [-0.3, -0.25) is 4.79 Å². The number of hydrogen-bond donors (Lipinski definition) is 2. The van der Waals surface area contributed by atoms with Crippen LogP contribution in [0.3, 0.4) is 0 Å².